The molecule has 0 spiro atoms. The number of non-ortho nitro benzene ring substituents is 1. The summed E-state index contributed by atoms with van der Waals surface area (Å²) in [6, 6.07) is 10.4. The number of amides is 3. The number of hydrogen-bond donors (Lipinski definition) is 2. The molecule has 0 radical (unpaired) electrons. The van der Waals surface area contributed by atoms with Gasteiger partial charge in [-0.05, 0) is 43.5 Å². The van der Waals surface area contributed by atoms with Crippen LogP contribution in [0, 0.1) is 17.0 Å². The summed E-state index contributed by atoms with van der Waals surface area (Å²) in [5.41, 5.74) is 1.58. The molecule has 0 aromatic heterocycles. The number of anilines is 1. The minimum absolute atomic E-state index is 0.0555. The minimum Gasteiger partial charge on any atom is -0.343 e. The zero-order valence-corrected chi connectivity index (χ0v) is 16.5. The SMILES string of the molecule is Cc1c(NC(=O)CNC(=O)c2cccc([N+](=O)[O-])c2)cccc1C(=O)N1CCCC1. The van der Waals surface area contributed by atoms with Crippen molar-refractivity contribution in [1.29, 1.82) is 0 Å². The zero-order chi connectivity index (χ0) is 21.7. The second kappa shape index (κ2) is 9.17. The van der Waals surface area contributed by atoms with Crippen LogP contribution in [-0.2, 0) is 4.79 Å². The zero-order valence-electron chi connectivity index (χ0n) is 16.5. The molecule has 156 valence electrons. The van der Waals surface area contributed by atoms with Gasteiger partial charge in [-0.1, -0.05) is 12.1 Å². The summed E-state index contributed by atoms with van der Waals surface area (Å²) in [5.74, 6) is -1.12. The summed E-state index contributed by atoms with van der Waals surface area (Å²) in [6.45, 7) is 2.92. The number of nitro benzene ring substituents is 1. The number of nitrogens with zero attached hydrogens (tertiary/aromatic N) is 2. The largest absolute Gasteiger partial charge is 0.343 e. The lowest BCUT2D eigenvalue weighted by molar-refractivity contribution is -0.384. The summed E-state index contributed by atoms with van der Waals surface area (Å²) >= 11 is 0. The third kappa shape index (κ3) is 4.80. The predicted octanol–water partition coefficient (Wildman–Crippen LogP) is 2.51. The molecule has 0 atom stereocenters. The molecule has 3 rings (SSSR count). The van der Waals surface area contributed by atoms with Crippen molar-refractivity contribution in [2.24, 2.45) is 0 Å². The summed E-state index contributed by atoms with van der Waals surface area (Å²) < 4.78 is 0. The molecule has 1 fully saturated rings. The van der Waals surface area contributed by atoms with E-state index in [4.69, 9.17) is 0 Å². The Morgan fingerprint density at radius 1 is 1.10 bits per heavy atom. The van der Waals surface area contributed by atoms with Crippen molar-refractivity contribution in [2.75, 3.05) is 25.0 Å². The standard InChI is InChI=1S/C21H22N4O5/c1-14-17(21(28)24-10-2-3-11-24)8-5-9-18(14)23-19(26)13-22-20(27)15-6-4-7-16(12-15)25(29)30/h4-9,12H,2-3,10-11,13H2,1H3,(H,22,27)(H,23,26). The van der Waals surface area contributed by atoms with E-state index < -0.39 is 16.7 Å². The first-order valence-corrected chi connectivity index (χ1v) is 9.58. The van der Waals surface area contributed by atoms with Crippen LogP contribution in [0.3, 0.4) is 0 Å². The Labute approximate surface area is 173 Å². The molecule has 1 heterocycles. The van der Waals surface area contributed by atoms with Gasteiger partial charge in [0.1, 0.15) is 0 Å². The van der Waals surface area contributed by atoms with Crippen LogP contribution in [0.5, 0.6) is 0 Å². The number of carbonyl (C=O) groups is 3. The van der Waals surface area contributed by atoms with Crippen molar-refractivity contribution in [3.63, 3.8) is 0 Å². The lowest BCUT2D eigenvalue weighted by Gasteiger charge is -2.18. The Morgan fingerprint density at radius 3 is 2.50 bits per heavy atom. The fourth-order valence-electron chi connectivity index (χ4n) is 3.31. The second-order valence-electron chi connectivity index (χ2n) is 7.02. The first-order chi connectivity index (χ1) is 14.4. The molecule has 0 saturated carbocycles. The number of likely N-dealkylation sites (tertiary alicyclic amines) is 1. The number of nitrogens with one attached hydrogen (secondary N) is 2. The summed E-state index contributed by atoms with van der Waals surface area (Å²) in [7, 11) is 0. The average molecular weight is 410 g/mol. The number of hydrogen-bond acceptors (Lipinski definition) is 5. The average Bonchev–Trinajstić information content (AvgIpc) is 3.28. The molecule has 2 aromatic carbocycles. The Balaban J connectivity index is 1.61. The highest BCUT2D eigenvalue weighted by Crippen LogP contribution is 2.22. The van der Waals surface area contributed by atoms with Gasteiger partial charge < -0.3 is 15.5 Å². The van der Waals surface area contributed by atoms with Crippen LogP contribution in [0.25, 0.3) is 0 Å². The van der Waals surface area contributed by atoms with Crippen molar-refractivity contribution in [1.82, 2.24) is 10.2 Å². The van der Waals surface area contributed by atoms with Crippen LogP contribution in [0.4, 0.5) is 11.4 Å². The fraction of sp³-hybridized carbons (Fsp3) is 0.286. The highest BCUT2D eigenvalue weighted by Gasteiger charge is 2.22. The third-order valence-corrected chi connectivity index (χ3v) is 4.96. The number of nitro groups is 1. The molecular formula is C21H22N4O5. The van der Waals surface area contributed by atoms with Crippen LogP contribution in [0.2, 0.25) is 0 Å². The van der Waals surface area contributed by atoms with Gasteiger partial charge in [0.15, 0.2) is 0 Å². The van der Waals surface area contributed by atoms with Crippen molar-refractivity contribution in [3.8, 4) is 0 Å². The predicted molar refractivity (Wildman–Crippen MR) is 110 cm³/mol. The van der Waals surface area contributed by atoms with E-state index in [1.54, 1.807) is 30.0 Å². The maximum atomic E-state index is 12.7. The highest BCUT2D eigenvalue weighted by molar-refractivity contribution is 6.02. The molecule has 9 heteroatoms. The molecule has 2 N–H and O–H groups in total. The van der Waals surface area contributed by atoms with Gasteiger partial charge in [-0.15, -0.1) is 0 Å². The van der Waals surface area contributed by atoms with Crippen LogP contribution in [0.15, 0.2) is 42.5 Å². The van der Waals surface area contributed by atoms with Gasteiger partial charge in [0.2, 0.25) is 5.91 Å². The lowest BCUT2D eigenvalue weighted by Crippen LogP contribution is -2.33. The lowest BCUT2D eigenvalue weighted by atomic mass is 10.1. The molecular weight excluding hydrogens is 388 g/mol. The third-order valence-electron chi connectivity index (χ3n) is 4.96. The van der Waals surface area contributed by atoms with Gasteiger partial charge >= 0.3 is 0 Å². The molecule has 0 aliphatic carbocycles. The maximum absolute atomic E-state index is 12.7. The van der Waals surface area contributed by atoms with E-state index in [0.717, 1.165) is 32.0 Å². The maximum Gasteiger partial charge on any atom is 0.270 e. The van der Waals surface area contributed by atoms with Crippen molar-refractivity contribution >= 4 is 29.1 Å². The fourth-order valence-corrected chi connectivity index (χ4v) is 3.31. The van der Waals surface area contributed by atoms with Gasteiger partial charge in [0, 0.05) is 42.0 Å². The highest BCUT2D eigenvalue weighted by atomic mass is 16.6. The number of carbonyl (C=O) groups excluding carboxylic acids is 3. The summed E-state index contributed by atoms with van der Waals surface area (Å²) in [5, 5.41) is 16.0. The van der Waals surface area contributed by atoms with E-state index in [1.807, 2.05) is 0 Å². The first kappa shape index (κ1) is 21.0. The topological polar surface area (TPSA) is 122 Å². The van der Waals surface area contributed by atoms with E-state index in [9.17, 15) is 24.5 Å². The van der Waals surface area contributed by atoms with Crippen LogP contribution in [-0.4, -0.2) is 47.2 Å². The van der Waals surface area contributed by atoms with Gasteiger partial charge in [-0.3, -0.25) is 24.5 Å². The van der Waals surface area contributed by atoms with Crippen LogP contribution >= 0.6 is 0 Å². The van der Waals surface area contributed by atoms with Gasteiger partial charge in [-0.2, -0.15) is 0 Å². The molecule has 0 bridgehead atoms. The molecule has 9 nitrogen and oxygen atoms in total. The van der Waals surface area contributed by atoms with Crippen molar-refractivity contribution < 1.29 is 19.3 Å². The summed E-state index contributed by atoms with van der Waals surface area (Å²) in [6.07, 6.45) is 1.98. The molecule has 1 aliphatic heterocycles. The van der Waals surface area contributed by atoms with E-state index in [2.05, 4.69) is 10.6 Å². The molecule has 0 unspecified atom stereocenters. The van der Waals surface area contributed by atoms with E-state index in [-0.39, 0.29) is 23.7 Å². The Kier molecular flexibility index (Phi) is 6.41. The van der Waals surface area contributed by atoms with E-state index in [1.165, 1.54) is 18.2 Å². The molecule has 1 saturated heterocycles. The van der Waals surface area contributed by atoms with E-state index in [0.29, 0.717) is 16.8 Å². The van der Waals surface area contributed by atoms with Gasteiger partial charge in [0.25, 0.3) is 17.5 Å². The summed E-state index contributed by atoms with van der Waals surface area (Å²) in [4.78, 5) is 49.1. The van der Waals surface area contributed by atoms with E-state index >= 15 is 0 Å². The molecule has 3 amide bonds. The number of rotatable bonds is 6. The van der Waals surface area contributed by atoms with Gasteiger partial charge in [-0.25, -0.2) is 0 Å². The monoisotopic (exact) mass is 410 g/mol. The smallest absolute Gasteiger partial charge is 0.270 e. The van der Waals surface area contributed by atoms with Gasteiger partial charge in [0.05, 0.1) is 11.5 Å². The first-order valence-electron chi connectivity index (χ1n) is 9.58. The quantitative estimate of drug-likeness (QED) is 0.560. The molecule has 2 aromatic rings. The Hall–Kier alpha value is -3.75. The molecule has 1 aliphatic rings. The van der Waals surface area contributed by atoms with Crippen LogP contribution < -0.4 is 10.6 Å². The van der Waals surface area contributed by atoms with Crippen LogP contribution in [0.1, 0.15) is 39.1 Å². The minimum atomic E-state index is -0.595. The number of benzene rings is 2. The van der Waals surface area contributed by atoms with Crippen molar-refractivity contribution in [3.05, 3.63) is 69.3 Å². The molecule has 30 heavy (non-hydrogen) atoms. The van der Waals surface area contributed by atoms with Crippen molar-refractivity contribution in [2.45, 2.75) is 19.8 Å². The Morgan fingerprint density at radius 2 is 1.80 bits per heavy atom. The second-order valence-corrected chi connectivity index (χ2v) is 7.02. The normalized spacial score (nSPS) is 13.0. The Bertz CT molecular complexity index is 999.